The highest BCUT2D eigenvalue weighted by atomic mass is 32.2. The molecule has 1 unspecified atom stereocenters. The highest BCUT2D eigenvalue weighted by molar-refractivity contribution is 8.00. The number of nitrogens with zero attached hydrogens (tertiary/aromatic N) is 1. The Bertz CT molecular complexity index is 1310. The summed E-state index contributed by atoms with van der Waals surface area (Å²) in [4.78, 5) is 12.5. The van der Waals surface area contributed by atoms with Crippen molar-refractivity contribution in [1.29, 1.82) is 0 Å². The van der Waals surface area contributed by atoms with Crippen molar-refractivity contribution in [2.24, 2.45) is 0 Å². The van der Waals surface area contributed by atoms with Crippen molar-refractivity contribution < 1.29 is 14.3 Å². The van der Waals surface area contributed by atoms with Crippen LogP contribution in [0.5, 0.6) is 11.5 Å². The third-order valence-corrected chi connectivity index (χ3v) is 7.19. The number of fused-ring (bicyclic) bond motifs is 5. The second kappa shape index (κ2) is 7.85. The van der Waals surface area contributed by atoms with Gasteiger partial charge in [-0.15, -0.1) is 11.8 Å². The Hall–Kier alpha value is -3.12. The van der Waals surface area contributed by atoms with E-state index >= 15 is 0 Å². The molecule has 0 saturated carbocycles. The number of carbonyl (C=O) groups is 1. The Labute approximate surface area is 185 Å². The number of para-hydroxylation sites is 1. The molecule has 1 aromatic heterocycles. The second-order valence-corrected chi connectivity index (χ2v) is 8.63. The Morgan fingerprint density at radius 2 is 1.84 bits per heavy atom. The zero-order chi connectivity index (χ0) is 21.5. The van der Waals surface area contributed by atoms with Gasteiger partial charge >= 0.3 is 0 Å². The Kier molecular flexibility index (Phi) is 5.02. The third-order valence-electron chi connectivity index (χ3n) is 5.92. The number of hydrogen-bond donors (Lipinski definition) is 1. The van der Waals surface area contributed by atoms with Gasteiger partial charge in [0.25, 0.3) is 0 Å². The molecule has 0 aliphatic carbocycles. The molecule has 0 bridgehead atoms. The quantitative estimate of drug-likeness (QED) is 0.456. The van der Waals surface area contributed by atoms with Crippen molar-refractivity contribution in [2.45, 2.75) is 18.7 Å². The van der Waals surface area contributed by atoms with E-state index in [1.165, 1.54) is 21.8 Å². The first kappa shape index (κ1) is 19.8. The number of aromatic nitrogens is 1. The van der Waals surface area contributed by atoms with E-state index in [9.17, 15) is 4.79 Å². The zero-order valence-electron chi connectivity index (χ0n) is 17.8. The molecule has 31 heavy (non-hydrogen) atoms. The summed E-state index contributed by atoms with van der Waals surface area (Å²) in [5, 5.41) is 5.52. The van der Waals surface area contributed by atoms with E-state index in [0.717, 1.165) is 23.4 Å². The maximum atomic E-state index is 12.5. The third kappa shape index (κ3) is 3.13. The molecule has 0 radical (unpaired) electrons. The molecule has 0 saturated heterocycles. The molecule has 6 heteroatoms. The van der Waals surface area contributed by atoms with Gasteiger partial charge < -0.3 is 19.4 Å². The van der Waals surface area contributed by atoms with E-state index in [2.05, 4.69) is 53.2 Å². The number of nitrogens with one attached hydrogen (secondary N) is 1. The van der Waals surface area contributed by atoms with E-state index < -0.39 is 0 Å². The van der Waals surface area contributed by atoms with Crippen molar-refractivity contribution in [3.63, 3.8) is 0 Å². The summed E-state index contributed by atoms with van der Waals surface area (Å²) < 4.78 is 13.3. The van der Waals surface area contributed by atoms with Crippen LogP contribution in [0.2, 0.25) is 0 Å². The molecule has 1 aliphatic heterocycles. The fraction of sp³-hybridized carbons (Fsp3) is 0.240. The number of hydrogen-bond acceptors (Lipinski definition) is 4. The first-order valence-electron chi connectivity index (χ1n) is 10.3. The van der Waals surface area contributed by atoms with Gasteiger partial charge in [-0.25, -0.2) is 0 Å². The molecule has 3 aromatic carbocycles. The molecular weight excluding hydrogens is 408 g/mol. The average molecular weight is 433 g/mol. The minimum absolute atomic E-state index is 0.0198. The van der Waals surface area contributed by atoms with Crippen molar-refractivity contribution in [2.75, 3.05) is 25.3 Å². The van der Waals surface area contributed by atoms with Gasteiger partial charge in [-0.1, -0.05) is 24.3 Å². The molecule has 0 fully saturated rings. The van der Waals surface area contributed by atoms with Crippen molar-refractivity contribution >= 4 is 45.2 Å². The molecule has 5 nitrogen and oxygen atoms in total. The van der Waals surface area contributed by atoms with E-state index in [1.54, 1.807) is 26.0 Å². The Balaban J connectivity index is 1.84. The average Bonchev–Trinajstić information content (AvgIpc) is 3.02. The zero-order valence-corrected chi connectivity index (χ0v) is 18.6. The summed E-state index contributed by atoms with van der Waals surface area (Å²) in [6, 6.07) is 18.7. The van der Waals surface area contributed by atoms with Crippen LogP contribution in [0.1, 0.15) is 23.3 Å². The van der Waals surface area contributed by atoms with Crippen LogP contribution in [0.25, 0.3) is 21.8 Å². The van der Waals surface area contributed by atoms with Gasteiger partial charge in [0, 0.05) is 39.6 Å². The second-order valence-electron chi connectivity index (χ2n) is 7.54. The van der Waals surface area contributed by atoms with E-state index in [4.69, 9.17) is 9.47 Å². The van der Waals surface area contributed by atoms with Crippen LogP contribution < -0.4 is 14.8 Å². The summed E-state index contributed by atoms with van der Waals surface area (Å²) >= 11 is 1.64. The predicted octanol–water partition coefficient (Wildman–Crippen LogP) is 5.61. The summed E-state index contributed by atoms with van der Waals surface area (Å²) in [5.41, 5.74) is 5.50. The number of ether oxygens (including phenoxy) is 2. The van der Waals surface area contributed by atoms with Crippen LogP contribution in [-0.4, -0.2) is 30.4 Å². The minimum atomic E-state index is -0.0198. The van der Waals surface area contributed by atoms with Gasteiger partial charge in [-0.05, 0) is 42.8 Å². The maximum absolute atomic E-state index is 12.5. The molecule has 1 aliphatic rings. The molecule has 158 valence electrons. The van der Waals surface area contributed by atoms with E-state index in [-0.39, 0.29) is 11.2 Å². The number of thioether (sulfide) groups is 1. The van der Waals surface area contributed by atoms with Crippen LogP contribution in [0.3, 0.4) is 0 Å². The van der Waals surface area contributed by atoms with E-state index in [1.807, 2.05) is 18.2 Å². The SMILES string of the molecule is CCn1c2ccccc2c2c3c(ccc21)NC(=O)CSC3c1ccc(OC)c(OC)c1. The summed E-state index contributed by atoms with van der Waals surface area (Å²) in [6.45, 7) is 3.04. The molecular formula is C25H24N2O3S. The van der Waals surface area contributed by atoms with E-state index in [0.29, 0.717) is 17.3 Å². The minimum Gasteiger partial charge on any atom is -0.493 e. The lowest BCUT2D eigenvalue weighted by Crippen LogP contribution is -2.12. The van der Waals surface area contributed by atoms with Gasteiger partial charge in [0.05, 0.1) is 25.2 Å². The fourth-order valence-corrected chi connectivity index (χ4v) is 5.74. The molecule has 4 aromatic rings. The standard InChI is InChI=1S/C25H24N2O3S/c1-4-27-18-8-6-5-7-16(18)23-19(27)11-10-17-24(23)25(31-14-22(28)26-17)15-9-12-20(29-2)21(13-15)30-3/h5-13,25H,4,14H2,1-3H3,(H,26,28). The highest BCUT2D eigenvalue weighted by Gasteiger charge is 2.29. The number of aryl methyl sites for hydroxylation is 1. The largest absolute Gasteiger partial charge is 0.493 e. The van der Waals surface area contributed by atoms with Crippen LogP contribution in [0.4, 0.5) is 5.69 Å². The number of carbonyl (C=O) groups excluding carboxylic acids is 1. The predicted molar refractivity (Wildman–Crippen MR) is 128 cm³/mol. The van der Waals surface area contributed by atoms with Crippen LogP contribution >= 0.6 is 11.8 Å². The summed E-state index contributed by atoms with van der Waals surface area (Å²) in [7, 11) is 3.28. The topological polar surface area (TPSA) is 52.5 Å². The monoisotopic (exact) mass is 432 g/mol. The van der Waals surface area contributed by atoms with Crippen LogP contribution in [0, 0.1) is 0 Å². The number of rotatable bonds is 4. The van der Waals surface area contributed by atoms with Gasteiger partial charge in [0.2, 0.25) is 5.91 Å². The van der Waals surface area contributed by atoms with Gasteiger partial charge in [0.15, 0.2) is 11.5 Å². The lowest BCUT2D eigenvalue weighted by molar-refractivity contribution is -0.113. The lowest BCUT2D eigenvalue weighted by Gasteiger charge is -2.20. The van der Waals surface area contributed by atoms with Crippen LogP contribution in [-0.2, 0) is 11.3 Å². The van der Waals surface area contributed by atoms with Gasteiger partial charge in [-0.2, -0.15) is 0 Å². The van der Waals surface area contributed by atoms with Crippen molar-refractivity contribution in [3.05, 3.63) is 65.7 Å². The molecule has 5 rings (SSSR count). The number of amides is 1. The van der Waals surface area contributed by atoms with Crippen molar-refractivity contribution in [3.8, 4) is 11.5 Å². The smallest absolute Gasteiger partial charge is 0.234 e. The first-order valence-corrected chi connectivity index (χ1v) is 11.4. The Morgan fingerprint density at radius 1 is 1.03 bits per heavy atom. The highest BCUT2D eigenvalue weighted by Crippen LogP contribution is 2.48. The first-order chi connectivity index (χ1) is 15.2. The number of benzene rings is 3. The number of methoxy groups -OCH3 is 2. The van der Waals surface area contributed by atoms with Crippen LogP contribution in [0.15, 0.2) is 54.6 Å². The Morgan fingerprint density at radius 3 is 2.61 bits per heavy atom. The molecule has 1 amide bonds. The summed E-state index contributed by atoms with van der Waals surface area (Å²) in [6.07, 6.45) is 0. The maximum Gasteiger partial charge on any atom is 0.234 e. The van der Waals surface area contributed by atoms with Gasteiger partial charge in [-0.3, -0.25) is 4.79 Å². The number of anilines is 1. The molecule has 1 atom stereocenters. The summed E-state index contributed by atoms with van der Waals surface area (Å²) in [5.74, 6) is 1.79. The van der Waals surface area contributed by atoms with Crippen molar-refractivity contribution in [1.82, 2.24) is 4.57 Å². The molecule has 1 N–H and O–H groups in total. The lowest BCUT2D eigenvalue weighted by atomic mass is 9.96. The normalized spacial score (nSPS) is 16.1. The molecule has 0 spiro atoms. The molecule has 2 heterocycles. The fourth-order valence-electron chi connectivity index (χ4n) is 4.60. The van der Waals surface area contributed by atoms with Gasteiger partial charge in [0.1, 0.15) is 0 Å².